The van der Waals surface area contributed by atoms with Crippen molar-refractivity contribution < 1.29 is 9.59 Å². The summed E-state index contributed by atoms with van der Waals surface area (Å²) in [7, 11) is 1.58. The van der Waals surface area contributed by atoms with Crippen molar-refractivity contribution in [2.75, 3.05) is 20.1 Å². The van der Waals surface area contributed by atoms with E-state index < -0.39 is 0 Å². The smallest absolute Gasteiger partial charge is 0.292 e. The molecule has 2 aliphatic rings. The second kappa shape index (κ2) is 8.35. The number of hydrogen-bond donors (Lipinski definition) is 2. The third-order valence-electron chi connectivity index (χ3n) is 6.62. The Morgan fingerprint density at radius 3 is 2.73 bits per heavy atom. The molecule has 0 radical (unpaired) electrons. The molecule has 1 aliphatic carbocycles. The van der Waals surface area contributed by atoms with Crippen molar-refractivity contribution in [3.05, 3.63) is 46.5 Å². The molecule has 1 aromatic heterocycles. The van der Waals surface area contributed by atoms with Crippen LogP contribution in [0.1, 0.15) is 47.7 Å². The molecule has 160 valence electrons. The first-order valence-electron chi connectivity index (χ1n) is 10.4. The van der Waals surface area contributed by atoms with Crippen LogP contribution in [0.4, 0.5) is 0 Å². The monoisotopic (exact) mass is 430 g/mol. The number of carbonyl (C=O) groups excluding carboxylic acids is 2. The number of nitrogens with one attached hydrogen (secondary N) is 1. The average Bonchev–Trinajstić information content (AvgIpc) is 3.17. The van der Waals surface area contributed by atoms with E-state index in [1.807, 2.05) is 23.1 Å². The Labute approximate surface area is 180 Å². The molecule has 3 N–H and O–H groups in total. The van der Waals surface area contributed by atoms with E-state index in [0.717, 1.165) is 30.7 Å². The minimum absolute atomic E-state index is 0.0963. The molecule has 2 amide bonds. The standard InChI is InChI=1S/C21H27ClN6O2/c1-24-18(29)12-17-25-26-19-20(30)27(9-10-28(17)19)16-5-7-21(13-23,8-6-16)14-3-2-4-15(22)11-14/h2-4,11,16H,5-10,12-13,23H2,1H3,(H,24,29)/t16-,21-. The summed E-state index contributed by atoms with van der Waals surface area (Å²) < 4.78 is 1.77. The first kappa shape index (κ1) is 20.8. The fourth-order valence-electron chi connectivity index (χ4n) is 4.77. The zero-order valence-electron chi connectivity index (χ0n) is 17.1. The van der Waals surface area contributed by atoms with Gasteiger partial charge < -0.3 is 20.5 Å². The number of carbonyl (C=O) groups is 2. The summed E-state index contributed by atoms with van der Waals surface area (Å²) >= 11 is 6.21. The molecular formula is C21H27ClN6O2. The summed E-state index contributed by atoms with van der Waals surface area (Å²) in [6.45, 7) is 1.76. The summed E-state index contributed by atoms with van der Waals surface area (Å²) in [5.41, 5.74) is 7.29. The molecule has 8 nitrogen and oxygen atoms in total. The van der Waals surface area contributed by atoms with Gasteiger partial charge in [-0.3, -0.25) is 9.59 Å². The number of nitrogens with two attached hydrogens (primary N) is 1. The van der Waals surface area contributed by atoms with E-state index in [-0.39, 0.29) is 29.7 Å². The maximum atomic E-state index is 13.1. The van der Waals surface area contributed by atoms with Crippen LogP contribution in [0.5, 0.6) is 0 Å². The quantitative estimate of drug-likeness (QED) is 0.747. The van der Waals surface area contributed by atoms with Crippen LogP contribution in [0, 0.1) is 0 Å². The summed E-state index contributed by atoms with van der Waals surface area (Å²) in [4.78, 5) is 26.7. The molecule has 0 spiro atoms. The highest BCUT2D eigenvalue weighted by atomic mass is 35.5. The Morgan fingerprint density at radius 2 is 2.07 bits per heavy atom. The number of nitrogens with zero attached hydrogens (tertiary/aromatic N) is 4. The van der Waals surface area contributed by atoms with Gasteiger partial charge in [-0.05, 0) is 43.4 Å². The lowest BCUT2D eigenvalue weighted by atomic mass is 9.68. The van der Waals surface area contributed by atoms with Gasteiger partial charge in [-0.15, -0.1) is 10.2 Å². The number of amides is 2. The minimum Gasteiger partial charge on any atom is -0.359 e. The molecule has 4 rings (SSSR count). The van der Waals surface area contributed by atoms with Crippen LogP contribution < -0.4 is 11.1 Å². The average molecular weight is 431 g/mol. The Hall–Kier alpha value is -2.45. The molecule has 30 heavy (non-hydrogen) atoms. The van der Waals surface area contributed by atoms with Gasteiger partial charge in [0.25, 0.3) is 5.91 Å². The second-order valence-corrected chi connectivity index (χ2v) is 8.60. The van der Waals surface area contributed by atoms with Crippen molar-refractivity contribution in [2.24, 2.45) is 5.73 Å². The number of fused-ring (bicyclic) bond motifs is 1. The zero-order valence-corrected chi connectivity index (χ0v) is 17.9. The van der Waals surface area contributed by atoms with Gasteiger partial charge in [0.15, 0.2) is 0 Å². The molecule has 1 saturated carbocycles. The van der Waals surface area contributed by atoms with Gasteiger partial charge in [0.1, 0.15) is 5.82 Å². The van der Waals surface area contributed by atoms with E-state index in [4.69, 9.17) is 17.3 Å². The van der Waals surface area contributed by atoms with Crippen LogP contribution in [-0.4, -0.2) is 57.7 Å². The Balaban J connectivity index is 1.47. The van der Waals surface area contributed by atoms with E-state index in [1.165, 1.54) is 5.56 Å². The molecule has 1 aliphatic heterocycles. The SMILES string of the molecule is CNC(=O)Cc1nnc2n1CCN([C@H]1CC[C@](CN)(c3cccc(Cl)c3)CC1)C2=O. The predicted molar refractivity (Wildman–Crippen MR) is 113 cm³/mol. The van der Waals surface area contributed by atoms with E-state index in [2.05, 4.69) is 21.6 Å². The Morgan fingerprint density at radius 1 is 1.30 bits per heavy atom. The topological polar surface area (TPSA) is 106 Å². The van der Waals surface area contributed by atoms with Gasteiger partial charge in [0.2, 0.25) is 11.7 Å². The first-order valence-corrected chi connectivity index (χ1v) is 10.7. The maximum Gasteiger partial charge on any atom is 0.292 e. The van der Waals surface area contributed by atoms with E-state index in [0.29, 0.717) is 31.3 Å². The van der Waals surface area contributed by atoms with Crippen molar-refractivity contribution in [1.29, 1.82) is 0 Å². The molecule has 1 aromatic carbocycles. The molecule has 2 heterocycles. The lowest BCUT2D eigenvalue weighted by Gasteiger charge is -2.44. The molecule has 2 aromatic rings. The van der Waals surface area contributed by atoms with Crippen molar-refractivity contribution >= 4 is 23.4 Å². The lowest BCUT2D eigenvalue weighted by molar-refractivity contribution is -0.120. The Kier molecular flexibility index (Phi) is 5.79. The number of rotatable bonds is 5. The first-order chi connectivity index (χ1) is 14.5. The maximum absolute atomic E-state index is 13.1. The largest absolute Gasteiger partial charge is 0.359 e. The van der Waals surface area contributed by atoms with Gasteiger partial charge in [0.05, 0.1) is 6.42 Å². The zero-order chi connectivity index (χ0) is 21.3. The van der Waals surface area contributed by atoms with Gasteiger partial charge in [-0.25, -0.2) is 0 Å². The fourth-order valence-corrected chi connectivity index (χ4v) is 4.96. The van der Waals surface area contributed by atoms with Gasteiger partial charge >= 0.3 is 0 Å². The van der Waals surface area contributed by atoms with E-state index in [1.54, 1.807) is 11.6 Å². The molecule has 0 bridgehead atoms. The molecule has 0 unspecified atom stereocenters. The van der Waals surface area contributed by atoms with Crippen LogP contribution in [0.15, 0.2) is 24.3 Å². The van der Waals surface area contributed by atoms with Crippen molar-refractivity contribution in [2.45, 2.75) is 50.1 Å². The Bertz CT molecular complexity index is 951. The number of hydrogen-bond acceptors (Lipinski definition) is 5. The molecule has 0 atom stereocenters. The summed E-state index contributed by atoms with van der Waals surface area (Å²) in [6, 6.07) is 8.11. The van der Waals surface area contributed by atoms with Gasteiger partial charge in [-0.1, -0.05) is 23.7 Å². The predicted octanol–water partition coefficient (Wildman–Crippen LogP) is 1.52. The van der Waals surface area contributed by atoms with Gasteiger partial charge in [-0.2, -0.15) is 0 Å². The summed E-state index contributed by atoms with van der Waals surface area (Å²) in [5.74, 6) is 0.603. The third-order valence-corrected chi connectivity index (χ3v) is 6.86. The number of benzene rings is 1. The van der Waals surface area contributed by atoms with Gasteiger partial charge in [0, 0.05) is 43.2 Å². The summed E-state index contributed by atoms with van der Waals surface area (Å²) in [6.07, 6.45) is 3.71. The number of likely N-dealkylation sites (N-methyl/N-ethyl adjacent to an activating group) is 1. The van der Waals surface area contributed by atoms with Crippen LogP contribution in [-0.2, 0) is 23.2 Å². The normalized spacial score (nSPS) is 23.9. The lowest BCUT2D eigenvalue weighted by Crippen LogP contribution is -2.51. The van der Waals surface area contributed by atoms with Crippen LogP contribution in [0.2, 0.25) is 5.02 Å². The highest BCUT2D eigenvalue weighted by Crippen LogP contribution is 2.41. The van der Waals surface area contributed by atoms with Crippen molar-refractivity contribution in [1.82, 2.24) is 25.0 Å². The van der Waals surface area contributed by atoms with E-state index >= 15 is 0 Å². The fraction of sp³-hybridized carbons (Fsp3) is 0.524. The third kappa shape index (κ3) is 3.70. The van der Waals surface area contributed by atoms with Crippen molar-refractivity contribution in [3.8, 4) is 0 Å². The molecule has 9 heteroatoms. The molecular weight excluding hydrogens is 404 g/mol. The molecule has 1 fully saturated rings. The summed E-state index contributed by atoms with van der Waals surface area (Å²) in [5, 5.41) is 11.5. The minimum atomic E-state index is -0.147. The highest BCUT2D eigenvalue weighted by Gasteiger charge is 2.40. The molecule has 0 saturated heterocycles. The number of halogens is 1. The van der Waals surface area contributed by atoms with Crippen molar-refractivity contribution in [3.63, 3.8) is 0 Å². The van der Waals surface area contributed by atoms with E-state index in [9.17, 15) is 9.59 Å². The van der Waals surface area contributed by atoms with Crippen LogP contribution in [0.3, 0.4) is 0 Å². The second-order valence-electron chi connectivity index (χ2n) is 8.17. The van der Waals surface area contributed by atoms with Crippen LogP contribution >= 0.6 is 11.6 Å². The highest BCUT2D eigenvalue weighted by molar-refractivity contribution is 6.30. The van der Waals surface area contributed by atoms with Crippen LogP contribution in [0.25, 0.3) is 0 Å². The number of aromatic nitrogens is 3.